The van der Waals surface area contributed by atoms with Crippen molar-refractivity contribution in [1.29, 1.82) is 0 Å². The Hall–Kier alpha value is -1.89. The number of likely N-dealkylation sites (N-methyl/N-ethyl adjacent to an activating group) is 1. The van der Waals surface area contributed by atoms with Crippen molar-refractivity contribution < 1.29 is 62.8 Å². The van der Waals surface area contributed by atoms with Crippen LogP contribution in [0.25, 0.3) is 0 Å². The van der Waals surface area contributed by atoms with Gasteiger partial charge in [0.05, 0.1) is 60.9 Å². The van der Waals surface area contributed by atoms with Gasteiger partial charge in [0, 0.05) is 44.0 Å². The Morgan fingerprint density at radius 1 is 0.983 bits per heavy atom. The van der Waals surface area contributed by atoms with Gasteiger partial charge in [0.15, 0.2) is 12.6 Å². The standard InChI is InChI=1S/C43H74N2O13/c1-15-31-43(11,50)38-25(4)33(44-29(8)46)23(2)21-42(10,53-19-17-16-18-52-38)37(58-40-34(47)30(45(12)13)20-24(3)54-40)26(5)35(27(6)39(49)56-31)57-32-22-41(9,51-14)36(48)28(7)55-32/h16-17,23-28,30-32,34-38,40,47-48,50H,15,18-22H2,1-14H3/b17-16-,44-33?/t23-,24-,25+,26-,27-,28+,30+,31-,32+,34-,35+,36+,37-,38-,40+,41-,42+,43-/m1/s1. The molecule has 0 unspecified atom stereocenters. The highest BCUT2D eigenvalue weighted by atomic mass is 16.7. The van der Waals surface area contributed by atoms with Gasteiger partial charge in [-0.3, -0.25) is 9.59 Å². The summed E-state index contributed by atoms with van der Waals surface area (Å²) in [5.74, 6) is -3.78. The van der Waals surface area contributed by atoms with E-state index in [1.165, 1.54) is 14.0 Å². The third kappa shape index (κ3) is 10.8. The molecule has 3 N–H and O–H groups in total. The highest BCUT2D eigenvalue weighted by molar-refractivity contribution is 5.97. The zero-order valence-electron chi connectivity index (χ0n) is 37.4. The fourth-order valence-electron chi connectivity index (χ4n) is 9.76. The van der Waals surface area contributed by atoms with Gasteiger partial charge in [-0.25, -0.2) is 4.99 Å². The summed E-state index contributed by atoms with van der Waals surface area (Å²) >= 11 is 0. The van der Waals surface area contributed by atoms with Crippen molar-refractivity contribution in [2.24, 2.45) is 28.7 Å². The van der Waals surface area contributed by atoms with E-state index in [0.29, 0.717) is 12.1 Å². The molecule has 15 heteroatoms. The maximum Gasteiger partial charge on any atom is 0.311 e. The number of carbonyl (C=O) groups is 2. The van der Waals surface area contributed by atoms with Crippen molar-refractivity contribution in [3.63, 3.8) is 0 Å². The van der Waals surface area contributed by atoms with Crippen LogP contribution < -0.4 is 0 Å². The second-order valence-corrected chi connectivity index (χ2v) is 18.2. The highest BCUT2D eigenvalue weighted by Gasteiger charge is 2.54. The first-order valence-corrected chi connectivity index (χ1v) is 21.1. The molecule has 2 bridgehead atoms. The molecule has 0 aromatic carbocycles. The van der Waals surface area contributed by atoms with Gasteiger partial charge in [-0.2, -0.15) is 0 Å². The molecular weight excluding hydrogens is 752 g/mol. The maximum atomic E-state index is 14.6. The van der Waals surface area contributed by atoms with Gasteiger partial charge in [0.1, 0.15) is 23.9 Å². The summed E-state index contributed by atoms with van der Waals surface area (Å²) in [4.78, 5) is 33.9. The Bertz CT molecular complexity index is 1440. The first kappa shape index (κ1) is 48.8. The number of rotatable bonds is 7. The summed E-state index contributed by atoms with van der Waals surface area (Å²) in [5.41, 5.74) is -3.49. The van der Waals surface area contributed by atoms with Crippen LogP contribution in [-0.2, 0) is 47.5 Å². The number of hydrogen-bond donors (Lipinski definition) is 3. The predicted octanol–water partition coefficient (Wildman–Crippen LogP) is 3.82. The Morgan fingerprint density at radius 2 is 1.64 bits per heavy atom. The molecule has 0 saturated carbocycles. The van der Waals surface area contributed by atoms with Crippen molar-refractivity contribution in [2.75, 3.05) is 34.4 Å². The lowest BCUT2D eigenvalue weighted by Crippen LogP contribution is -2.62. The van der Waals surface area contributed by atoms with E-state index < -0.39 is 108 Å². The van der Waals surface area contributed by atoms with Gasteiger partial charge >= 0.3 is 5.97 Å². The zero-order chi connectivity index (χ0) is 43.5. The minimum absolute atomic E-state index is 0.0980. The Labute approximate surface area is 346 Å². The second kappa shape index (κ2) is 19.9. The van der Waals surface area contributed by atoms with Gasteiger partial charge in [-0.05, 0) is 80.8 Å². The summed E-state index contributed by atoms with van der Waals surface area (Å²) in [6, 6.07) is -0.281. The molecule has 4 aliphatic rings. The molecule has 18 atom stereocenters. The number of hydrogen-bond acceptors (Lipinski definition) is 14. The predicted molar refractivity (Wildman–Crippen MR) is 216 cm³/mol. The number of fused-ring (bicyclic) bond motifs is 5. The third-order valence-corrected chi connectivity index (χ3v) is 13.1. The number of aliphatic hydroxyl groups is 3. The van der Waals surface area contributed by atoms with Crippen molar-refractivity contribution in [3.8, 4) is 0 Å². The summed E-state index contributed by atoms with van der Waals surface area (Å²) in [7, 11) is 5.33. The minimum Gasteiger partial charge on any atom is -0.459 e. The number of aliphatic hydroxyl groups excluding tert-OH is 2. The van der Waals surface area contributed by atoms with Gasteiger partial charge < -0.3 is 58.1 Å². The fraction of sp³-hybridized carbons (Fsp3) is 0.884. The number of esters is 1. The first-order valence-electron chi connectivity index (χ1n) is 21.1. The number of nitrogens with zero attached hydrogens (tertiary/aromatic N) is 2. The van der Waals surface area contributed by atoms with E-state index in [1.54, 1.807) is 33.8 Å². The monoisotopic (exact) mass is 827 g/mol. The summed E-state index contributed by atoms with van der Waals surface area (Å²) < 4.78 is 51.9. The van der Waals surface area contributed by atoms with E-state index in [1.807, 2.05) is 66.6 Å². The molecule has 4 rings (SSSR count). The van der Waals surface area contributed by atoms with E-state index in [2.05, 4.69) is 4.99 Å². The Morgan fingerprint density at radius 3 is 2.24 bits per heavy atom. The van der Waals surface area contributed by atoms with Crippen LogP contribution in [0.15, 0.2) is 17.1 Å². The van der Waals surface area contributed by atoms with Gasteiger partial charge in [0.2, 0.25) is 5.91 Å². The van der Waals surface area contributed by atoms with E-state index in [0.717, 1.165) is 0 Å². The summed E-state index contributed by atoms with van der Waals surface area (Å²) in [5, 5.41) is 35.3. The average molecular weight is 827 g/mol. The molecule has 0 aromatic heterocycles. The van der Waals surface area contributed by atoms with Gasteiger partial charge in [-0.1, -0.05) is 39.8 Å². The van der Waals surface area contributed by atoms with E-state index >= 15 is 0 Å². The molecule has 0 aromatic rings. The van der Waals surface area contributed by atoms with Crippen LogP contribution in [0.5, 0.6) is 0 Å². The van der Waals surface area contributed by atoms with Gasteiger partial charge in [0.25, 0.3) is 0 Å². The van der Waals surface area contributed by atoms with Crippen molar-refractivity contribution in [1.82, 2.24) is 4.90 Å². The third-order valence-electron chi connectivity index (χ3n) is 13.1. The van der Waals surface area contributed by atoms with Crippen LogP contribution in [0.2, 0.25) is 0 Å². The van der Waals surface area contributed by atoms with Crippen LogP contribution in [-0.4, -0.2) is 156 Å². The molecule has 4 aliphatic heterocycles. The van der Waals surface area contributed by atoms with Crippen molar-refractivity contribution in [3.05, 3.63) is 12.2 Å². The van der Waals surface area contributed by atoms with Crippen LogP contribution in [0.4, 0.5) is 0 Å². The number of aliphatic imine (C=N–C) groups is 1. The number of cyclic esters (lactones) is 1. The fourth-order valence-corrected chi connectivity index (χ4v) is 9.76. The van der Waals surface area contributed by atoms with Crippen LogP contribution >= 0.6 is 0 Å². The lowest BCUT2D eigenvalue weighted by Gasteiger charge is -2.50. The van der Waals surface area contributed by atoms with Crippen molar-refractivity contribution in [2.45, 2.75) is 186 Å². The minimum atomic E-state index is -1.73. The Kier molecular flexibility index (Phi) is 16.7. The smallest absolute Gasteiger partial charge is 0.311 e. The highest BCUT2D eigenvalue weighted by Crippen LogP contribution is 2.43. The molecule has 3 fully saturated rings. The number of methoxy groups -OCH3 is 1. The van der Waals surface area contributed by atoms with E-state index in [-0.39, 0.29) is 44.6 Å². The number of carbonyl (C=O) groups excluding carboxylic acids is 2. The maximum absolute atomic E-state index is 14.6. The zero-order valence-corrected chi connectivity index (χ0v) is 37.4. The van der Waals surface area contributed by atoms with Crippen LogP contribution in [0, 0.1) is 23.7 Å². The van der Waals surface area contributed by atoms with Gasteiger partial charge in [-0.15, -0.1) is 0 Å². The van der Waals surface area contributed by atoms with E-state index in [9.17, 15) is 24.9 Å². The SMILES string of the molecule is CC[C@H]1OC(=O)[C@H](C)[C@@H](O[C@H]2C[C@@](C)(OC)[C@@H](O)[C@H](C)O2)[C@@H](C)[C@@H](O[C@@H]2O[C@H](C)C[C@H](N(C)C)[C@H]2O)[C@]2(C)C[C@@H](C)C(=NC(C)=O)[C@H](C)[C@@H](OC/C=C\CO2)[C@]1(C)O. The average Bonchev–Trinajstić information content (AvgIpc) is 3.14. The lowest BCUT2D eigenvalue weighted by atomic mass is 9.73. The largest absolute Gasteiger partial charge is 0.459 e. The molecule has 0 aliphatic carbocycles. The summed E-state index contributed by atoms with van der Waals surface area (Å²) in [6.45, 7) is 19.8. The molecule has 0 radical (unpaired) electrons. The van der Waals surface area contributed by atoms with E-state index in [4.69, 9.17) is 37.9 Å². The Balaban J connectivity index is 1.99. The molecule has 1 amide bonds. The normalized spacial score (nSPS) is 47.7. The molecular formula is C43H74N2O13. The van der Waals surface area contributed by atoms with Crippen LogP contribution in [0.3, 0.4) is 0 Å². The van der Waals surface area contributed by atoms with Crippen LogP contribution in [0.1, 0.15) is 102 Å². The second-order valence-electron chi connectivity index (χ2n) is 18.2. The summed E-state index contributed by atoms with van der Waals surface area (Å²) in [6.07, 6.45) is -4.01. The molecule has 58 heavy (non-hydrogen) atoms. The number of ether oxygens (including phenoxy) is 8. The molecule has 334 valence electrons. The molecule has 3 saturated heterocycles. The lowest BCUT2D eigenvalue weighted by molar-refractivity contribution is -0.320. The molecule has 4 heterocycles. The van der Waals surface area contributed by atoms with Crippen molar-refractivity contribution >= 4 is 17.6 Å². The molecule has 15 nitrogen and oxygen atoms in total. The number of amides is 1. The quantitative estimate of drug-likeness (QED) is 0.249. The first-order chi connectivity index (χ1) is 27.0. The topological polar surface area (TPSA) is 184 Å². The molecule has 0 spiro atoms.